The van der Waals surface area contributed by atoms with Crippen molar-refractivity contribution in [3.8, 4) is 0 Å². The van der Waals surface area contributed by atoms with E-state index in [4.69, 9.17) is 15.2 Å². The van der Waals surface area contributed by atoms with Gasteiger partial charge in [-0.15, -0.1) is 0 Å². The number of aliphatic imine (C=N–C) groups is 1. The summed E-state index contributed by atoms with van der Waals surface area (Å²) < 4.78 is 11.2. The zero-order chi connectivity index (χ0) is 20.9. The Bertz CT molecular complexity index is 820. The SMILES string of the molecule is CC(=CCc1ccccc1)C=C1COC2(C1)C(O)COCC2(O)N=CCC(N)=O. The third kappa shape index (κ3) is 4.82. The molecular formula is C22H28N2O5. The van der Waals surface area contributed by atoms with Crippen LogP contribution in [0.1, 0.15) is 25.3 Å². The minimum Gasteiger partial charge on any atom is -0.387 e. The van der Waals surface area contributed by atoms with E-state index in [1.165, 1.54) is 11.8 Å². The summed E-state index contributed by atoms with van der Waals surface area (Å²) in [5.41, 5.74) is 5.28. The standard InChI is InChI=1S/C22H28N2O5/c1-16(7-8-17-5-3-2-4-6-17)11-18-12-21(29-13-18)19(25)14-28-15-22(21,27)24-10-9-20(23)26/h2-7,10-11,19,25,27H,8-9,12-15H2,1H3,(H2,23,26). The molecule has 2 aliphatic rings. The van der Waals surface area contributed by atoms with Gasteiger partial charge in [0.2, 0.25) is 11.6 Å². The molecule has 1 amide bonds. The molecule has 156 valence electrons. The number of nitrogens with two attached hydrogens (primary N) is 1. The van der Waals surface area contributed by atoms with Crippen molar-refractivity contribution in [1.82, 2.24) is 0 Å². The Morgan fingerprint density at radius 2 is 2.14 bits per heavy atom. The van der Waals surface area contributed by atoms with Crippen LogP contribution in [0.15, 0.2) is 58.6 Å². The number of hydrogen-bond acceptors (Lipinski definition) is 6. The number of carbonyl (C=O) groups excluding carboxylic acids is 1. The first-order valence-corrected chi connectivity index (χ1v) is 9.69. The van der Waals surface area contributed by atoms with E-state index in [0.29, 0.717) is 6.42 Å². The monoisotopic (exact) mass is 400 g/mol. The van der Waals surface area contributed by atoms with Crippen LogP contribution < -0.4 is 5.73 Å². The number of ether oxygens (including phenoxy) is 2. The molecule has 0 aliphatic carbocycles. The average Bonchev–Trinajstić information content (AvgIpc) is 3.11. The summed E-state index contributed by atoms with van der Waals surface area (Å²) in [4.78, 5) is 15.1. The first kappa shape index (κ1) is 21.4. The van der Waals surface area contributed by atoms with E-state index in [2.05, 4.69) is 23.2 Å². The fourth-order valence-electron chi connectivity index (χ4n) is 3.77. The predicted molar refractivity (Wildman–Crippen MR) is 109 cm³/mol. The number of benzene rings is 1. The van der Waals surface area contributed by atoms with Gasteiger partial charge in [0.1, 0.15) is 6.10 Å². The highest BCUT2D eigenvalue weighted by Gasteiger charge is 2.61. The fourth-order valence-corrected chi connectivity index (χ4v) is 3.77. The van der Waals surface area contributed by atoms with Gasteiger partial charge >= 0.3 is 0 Å². The molecule has 2 fully saturated rings. The van der Waals surface area contributed by atoms with E-state index in [1.807, 2.05) is 31.2 Å². The number of primary amides is 1. The van der Waals surface area contributed by atoms with Gasteiger partial charge < -0.3 is 25.4 Å². The fraction of sp³-hybridized carbons (Fsp3) is 0.455. The Kier molecular flexibility index (Phi) is 6.64. The summed E-state index contributed by atoms with van der Waals surface area (Å²) in [7, 11) is 0. The number of rotatable bonds is 6. The second-order valence-corrected chi connectivity index (χ2v) is 7.63. The Hall–Kier alpha value is -2.32. The smallest absolute Gasteiger partial charge is 0.222 e. The number of aliphatic hydroxyl groups excluding tert-OH is 1. The Labute approximate surface area is 170 Å². The van der Waals surface area contributed by atoms with Crippen LogP contribution in [0.3, 0.4) is 0 Å². The molecule has 4 N–H and O–H groups in total. The first-order chi connectivity index (χ1) is 13.8. The molecular weight excluding hydrogens is 372 g/mol. The number of hydrogen-bond donors (Lipinski definition) is 3. The van der Waals surface area contributed by atoms with Crippen molar-refractivity contribution in [3.63, 3.8) is 0 Å². The molecule has 2 saturated heterocycles. The largest absolute Gasteiger partial charge is 0.387 e. The maximum atomic E-state index is 11.1. The minimum atomic E-state index is -1.79. The highest BCUT2D eigenvalue weighted by Crippen LogP contribution is 2.44. The maximum Gasteiger partial charge on any atom is 0.222 e. The number of allylic oxidation sites excluding steroid dienone is 3. The molecule has 1 aromatic rings. The molecule has 0 saturated carbocycles. The van der Waals surface area contributed by atoms with Crippen LogP contribution in [0.4, 0.5) is 0 Å². The van der Waals surface area contributed by atoms with Gasteiger partial charge in [0.05, 0.1) is 26.2 Å². The van der Waals surface area contributed by atoms with Crippen molar-refractivity contribution >= 4 is 12.1 Å². The summed E-state index contributed by atoms with van der Waals surface area (Å²) in [5.74, 6) is -0.559. The van der Waals surface area contributed by atoms with Gasteiger partial charge in [0, 0.05) is 12.6 Å². The lowest BCUT2D eigenvalue weighted by molar-refractivity contribution is -0.264. The van der Waals surface area contributed by atoms with E-state index < -0.39 is 23.3 Å². The van der Waals surface area contributed by atoms with Crippen molar-refractivity contribution in [2.45, 2.75) is 43.6 Å². The van der Waals surface area contributed by atoms with E-state index in [-0.39, 0.29) is 26.2 Å². The van der Waals surface area contributed by atoms with Crippen LogP contribution in [0.5, 0.6) is 0 Å². The van der Waals surface area contributed by atoms with Gasteiger partial charge in [-0.05, 0) is 24.5 Å². The van der Waals surface area contributed by atoms with Crippen LogP contribution in [-0.2, 0) is 20.7 Å². The third-order valence-corrected chi connectivity index (χ3v) is 5.33. The average molecular weight is 400 g/mol. The Balaban J connectivity index is 1.76. The summed E-state index contributed by atoms with van der Waals surface area (Å²) >= 11 is 0. The molecule has 2 heterocycles. The lowest BCUT2D eigenvalue weighted by Crippen LogP contribution is -2.66. The van der Waals surface area contributed by atoms with Gasteiger partial charge in [-0.3, -0.25) is 9.79 Å². The van der Waals surface area contributed by atoms with Crippen molar-refractivity contribution in [2.75, 3.05) is 19.8 Å². The van der Waals surface area contributed by atoms with Crippen LogP contribution in [0.25, 0.3) is 0 Å². The highest BCUT2D eigenvalue weighted by atomic mass is 16.6. The summed E-state index contributed by atoms with van der Waals surface area (Å²) in [6.45, 7) is 2.21. The van der Waals surface area contributed by atoms with Crippen molar-refractivity contribution < 1.29 is 24.5 Å². The normalized spacial score (nSPS) is 31.8. The molecule has 7 nitrogen and oxygen atoms in total. The number of nitrogens with zero attached hydrogens (tertiary/aromatic N) is 1. The van der Waals surface area contributed by atoms with Crippen LogP contribution in [-0.4, -0.2) is 59.6 Å². The zero-order valence-electron chi connectivity index (χ0n) is 16.6. The van der Waals surface area contributed by atoms with Gasteiger partial charge in [-0.1, -0.05) is 48.1 Å². The molecule has 29 heavy (non-hydrogen) atoms. The first-order valence-electron chi connectivity index (χ1n) is 9.69. The second-order valence-electron chi connectivity index (χ2n) is 7.63. The predicted octanol–water partition coefficient (Wildman–Crippen LogP) is 1.29. The molecule has 0 aromatic heterocycles. The van der Waals surface area contributed by atoms with Gasteiger partial charge in [-0.25, -0.2) is 0 Å². The Morgan fingerprint density at radius 1 is 1.38 bits per heavy atom. The number of aliphatic hydroxyl groups is 2. The van der Waals surface area contributed by atoms with E-state index in [9.17, 15) is 15.0 Å². The van der Waals surface area contributed by atoms with Crippen LogP contribution >= 0.6 is 0 Å². The van der Waals surface area contributed by atoms with E-state index in [0.717, 1.165) is 17.6 Å². The van der Waals surface area contributed by atoms with E-state index in [1.54, 1.807) is 0 Å². The molecule has 0 radical (unpaired) electrons. The molecule has 3 atom stereocenters. The molecule has 7 heteroatoms. The van der Waals surface area contributed by atoms with Crippen molar-refractivity contribution in [2.24, 2.45) is 10.7 Å². The highest BCUT2D eigenvalue weighted by molar-refractivity contribution is 5.88. The second kappa shape index (κ2) is 9.00. The Morgan fingerprint density at radius 3 is 2.86 bits per heavy atom. The topological polar surface area (TPSA) is 114 Å². The minimum absolute atomic E-state index is 0.0454. The summed E-state index contributed by atoms with van der Waals surface area (Å²) in [5, 5.41) is 21.7. The van der Waals surface area contributed by atoms with Crippen molar-refractivity contribution in [1.29, 1.82) is 0 Å². The lowest BCUT2D eigenvalue weighted by atomic mass is 9.80. The molecule has 1 spiro atoms. The summed E-state index contributed by atoms with van der Waals surface area (Å²) in [6.07, 6.45) is 5.38. The van der Waals surface area contributed by atoms with E-state index >= 15 is 0 Å². The lowest BCUT2D eigenvalue weighted by Gasteiger charge is -2.47. The molecule has 3 unspecified atom stereocenters. The molecule has 2 aliphatic heterocycles. The van der Waals surface area contributed by atoms with Gasteiger partial charge in [0.25, 0.3) is 0 Å². The summed E-state index contributed by atoms with van der Waals surface area (Å²) in [6, 6.07) is 10.2. The molecule has 0 bridgehead atoms. The number of carbonyl (C=O) groups is 1. The van der Waals surface area contributed by atoms with Gasteiger partial charge in [0.15, 0.2) is 5.60 Å². The number of amides is 1. The van der Waals surface area contributed by atoms with Gasteiger partial charge in [-0.2, -0.15) is 0 Å². The van der Waals surface area contributed by atoms with Crippen LogP contribution in [0.2, 0.25) is 0 Å². The molecule has 3 rings (SSSR count). The maximum absolute atomic E-state index is 11.1. The third-order valence-electron chi connectivity index (χ3n) is 5.33. The molecule has 1 aromatic carbocycles. The zero-order valence-corrected chi connectivity index (χ0v) is 16.6. The van der Waals surface area contributed by atoms with Crippen molar-refractivity contribution in [3.05, 3.63) is 59.2 Å². The van der Waals surface area contributed by atoms with Crippen LogP contribution in [0, 0.1) is 0 Å². The quantitative estimate of drug-likeness (QED) is 0.623.